The van der Waals surface area contributed by atoms with Gasteiger partial charge in [-0.15, -0.1) is 139 Å². The fraction of sp³-hybridized carbons (Fsp3) is 0.305. The first-order valence-corrected chi connectivity index (χ1v) is 38.8. The van der Waals surface area contributed by atoms with Crippen molar-refractivity contribution in [2.24, 2.45) is 0 Å². The number of rotatable bonds is 12. The number of nitrogens with zero attached hydrogens (tertiary/aromatic N) is 3. The Morgan fingerprint density at radius 3 is 0.973 bits per heavy atom. The standard InChI is InChI=1S/C29H32NS.C27H28NS.C24H22NS.3C5H8O2.3Ir/c1-18-9-19(2)11-20(10-18)25-16-27-22(17-30-25)14-26(31-27)21-12-23(28(3,4)5)15-24(13-21)29(6,7)8;1-16(2)22-8-7-9-23(17(3)4)27(22)26-13-21-15-28-24(14-25(21)29-26)20-11-18(5)10-19(6)12-20;1-15(2)18-5-7-19(8-6-18)23-12-21-14-25-22(13-24(21)26-23)20-10-16(3)9-17(4)11-20;3*1-4(6)3-5(2)7;;;/h9-10,12-17H,1-8H3;7-11,13-17H,1-6H3;5-10,12-15H,1-4H3;3*3,6H,1-2H3;;;/q3*-1;;;;;;. The Balaban J connectivity index is 0.000000304. The number of pyridine rings is 3. The van der Waals surface area contributed by atoms with Gasteiger partial charge in [-0.3, -0.25) is 14.4 Å². The van der Waals surface area contributed by atoms with Crippen LogP contribution in [-0.4, -0.2) is 47.6 Å². The molecule has 0 saturated carbocycles. The van der Waals surface area contributed by atoms with Gasteiger partial charge in [0.25, 0.3) is 0 Å². The second-order valence-corrected chi connectivity index (χ2v) is 34.1. The van der Waals surface area contributed by atoms with Crippen LogP contribution in [0.15, 0.2) is 188 Å². The first kappa shape index (κ1) is 94.6. The van der Waals surface area contributed by atoms with Crippen LogP contribution in [-0.2, 0) is 85.5 Å². The number of ketones is 3. The summed E-state index contributed by atoms with van der Waals surface area (Å²) in [7, 11) is 0. The summed E-state index contributed by atoms with van der Waals surface area (Å²) in [6.45, 7) is 48.5. The molecule has 12 rings (SSSR count). The number of allylic oxidation sites excluding steroid dienone is 6. The fourth-order valence-electron chi connectivity index (χ4n) is 12.1. The van der Waals surface area contributed by atoms with Crippen LogP contribution in [0.4, 0.5) is 0 Å². The average Bonchev–Trinajstić information content (AvgIpc) is 1.58. The van der Waals surface area contributed by atoms with E-state index >= 15 is 0 Å². The van der Waals surface area contributed by atoms with Gasteiger partial charge in [0, 0.05) is 142 Å². The number of aromatic nitrogens is 3. The van der Waals surface area contributed by atoms with Crippen molar-refractivity contribution in [1.29, 1.82) is 0 Å². The Morgan fingerprint density at radius 2 is 0.700 bits per heavy atom. The van der Waals surface area contributed by atoms with Crippen molar-refractivity contribution in [2.75, 3.05) is 0 Å². The molecule has 0 spiro atoms. The van der Waals surface area contributed by atoms with E-state index in [0.717, 1.165) is 50.5 Å². The molecule has 0 fully saturated rings. The molecule has 15 heteroatoms. The molecule has 0 saturated heterocycles. The summed E-state index contributed by atoms with van der Waals surface area (Å²) in [4.78, 5) is 48.2. The molecule has 0 aliphatic carbocycles. The number of aliphatic hydroxyl groups excluding tert-OH is 3. The SMILES string of the molecule is CC(=O)C=C(C)O.CC(=O)C=C(C)O.CC(=O)C=C(C)O.Cc1[c-]c(-c2cc3sc(-c4c(C(C)C)cccc4C(C)C)cc3cn2)cc(C)c1.Cc1[c-]c(-c2cc3sc(-c4cc(C(C)(C)C)cc(C(C)(C)C)c4)cc3cn2)cc(C)c1.Cc1[c-]c(-c2cc3sc(-c4ccc(C(C)C)cc4)cc3cn2)cc(C)c1.[Ir].[Ir].[Ir]. The van der Waals surface area contributed by atoms with Crippen LogP contribution in [0.2, 0.25) is 0 Å². The normalized spacial score (nSPS) is 11.5. The summed E-state index contributed by atoms with van der Waals surface area (Å²) in [6, 6.07) is 59.6. The summed E-state index contributed by atoms with van der Waals surface area (Å²) < 4.78 is 3.82. The van der Waals surface area contributed by atoms with Crippen molar-refractivity contribution in [3.8, 4) is 65.1 Å². The van der Waals surface area contributed by atoms with Gasteiger partial charge in [0.2, 0.25) is 0 Å². The first-order chi connectivity index (χ1) is 50.1. The molecule has 0 atom stereocenters. The second-order valence-electron chi connectivity index (χ2n) is 30.8. The van der Waals surface area contributed by atoms with E-state index in [-0.39, 0.29) is 106 Å². The molecule has 3 N–H and O–H groups in total. The predicted octanol–water partition coefficient (Wildman–Crippen LogP) is 27.2. The molecule has 0 amide bonds. The van der Waals surface area contributed by atoms with E-state index in [9.17, 15) is 14.4 Å². The Hall–Kier alpha value is -7.77. The monoisotopic (exact) mass is 2060 g/mol. The third kappa shape index (κ3) is 28.2. The number of carbonyl (C=O) groups is 3. The molecule has 585 valence electrons. The summed E-state index contributed by atoms with van der Waals surface area (Å²) in [6.07, 6.45) is 9.51. The van der Waals surface area contributed by atoms with E-state index in [1.165, 1.54) is 166 Å². The van der Waals surface area contributed by atoms with Crippen LogP contribution in [0.3, 0.4) is 0 Å². The number of hydrogen-bond acceptors (Lipinski definition) is 12. The van der Waals surface area contributed by atoms with Crippen LogP contribution < -0.4 is 0 Å². The van der Waals surface area contributed by atoms with Gasteiger partial charge in [0.05, 0.1) is 17.3 Å². The predicted molar refractivity (Wildman–Crippen MR) is 457 cm³/mol. The smallest absolute Gasteiger partial charge is 0.155 e. The van der Waals surface area contributed by atoms with Gasteiger partial charge < -0.3 is 30.3 Å². The molecule has 110 heavy (non-hydrogen) atoms. The van der Waals surface area contributed by atoms with Gasteiger partial charge >= 0.3 is 0 Å². The third-order valence-electron chi connectivity index (χ3n) is 17.1. The van der Waals surface area contributed by atoms with Crippen molar-refractivity contribution >= 4 is 81.6 Å². The van der Waals surface area contributed by atoms with E-state index < -0.39 is 0 Å². The number of benzene rings is 6. The summed E-state index contributed by atoms with van der Waals surface area (Å²) >= 11 is 5.56. The minimum Gasteiger partial charge on any atom is -0.512 e. The van der Waals surface area contributed by atoms with Gasteiger partial charge in [-0.25, -0.2) is 0 Å². The Morgan fingerprint density at radius 1 is 0.391 bits per heavy atom. The number of aliphatic hydroxyl groups is 3. The number of aryl methyl sites for hydroxylation is 6. The van der Waals surface area contributed by atoms with Crippen molar-refractivity contribution in [1.82, 2.24) is 15.0 Å². The average molecular weight is 2060 g/mol. The molecule has 0 unspecified atom stereocenters. The number of hydrogen-bond donors (Lipinski definition) is 3. The molecular weight excluding hydrogens is 1950 g/mol. The number of carbonyl (C=O) groups excluding carboxylic acids is 3. The van der Waals surface area contributed by atoms with Crippen LogP contribution in [0.25, 0.3) is 95.4 Å². The Kier molecular flexibility index (Phi) is 36.3. The molecular formula is C95H106Ir3N3O6S3-3. The van der Waals surface area contributed by atoms with Gasteiger partial charge in [-0.2, -0.15) is 0 Å². The Bertz CT molecular complexity index is 5050. The van der Waals surface area contributed by atoms with Crippen LogP contribution >= 0.6 is 34.0 Å². The molecule has 12 aromatic rings. The molecule has 3 radical (unpaired) electrons. The molecule has 0 bridgehead atoms. The topological polar surface area (TPSA) is 151 Å². The van der Waals surface area contributed by atoms with Gasteiger partial charge in [-0.1, -0.05) is 191 Å². The zero-order valence-electron chi connectivity index (χ0n) is 68.0. The molecule has 0 aliphatic heterocycles. The van der Waals surface area contributed by atoms with E-state index in [1.807, 2.05) is 52.6 Å². The molecule has 9 nitrogen and oxygen atoms in total. The Labute approximate surface area is 707 Å². The minimum absolute atomic E-state index is 0. The van der Waals surface area contributed by atoms with Gasteiger partial charge in [0.15, 0.2) is 17.3 Å². The summed E-state index contributed by atoms with van der Waals surface area (Å²) in [5.41, 5.74) is 24.6. The molecule has 6 aromatic carbocycles. The largest absolute Gasteiger partial charge is 0.512 e. The maximum atomic E-state index is 10.0. The summed E-state index contributed by atoms with van der Waals surface area (Å²) in [5, 5.41) is 28.7. The van der Waals surface area contributed by atoms with Crippen molar-refractivity contribution < 1.29 is 90.0 Å². The first-order valence-electron chi connectivity index (χ1n) is 36.4. The maximum Gasteiger partial charge on any atom is 0.155 e. The molecule has 6 aromatic heterocycles. The maximum absolute atomic E-state index is 10.0. The van der Waals surface area contributed by atoms with Crippen LogP contribution in [0.1, 0.15) is 204 Å². The molecule has 0 aliphatic rings. The van der Waals surface area contributed by atoms with Gasteiger partial charge in [-0.05, 0) is 162 Å². The zero-order chi connectivity index (χ0) is 79.1. The van der Waals surface area contributed by atoms with Crippen molar-refractivity contribution in [2.45, 2.75) is 195 Å². The van der Waals surface area contributed by atoms with Crippen LogP contribution in [0.5, 0.6) is 0 Å². The fourth-order valence-corrected chi connectivity index (χ4v) is 15.4. The van der Waals surface area contributed by atoms with Gasteiger partial charge in [0.1, 0.15) is 0 Å². The van der Waals surface area contributed by atoms with Crippen molar-refractivity contribution in [3.63, 3.8) is 0 Å². The van der Waals surface area contributed by atoms with Crippen molar-refractivity contribution in [3.05, 3.63) is 267 Å². The van der Waals surface area contributed by atoms with Crippen LogP contribution in [0, 0.1) is 59.7 Å². The second kappa shape index (κ2) is 42.2. The number of fused-ring (bicyclic) bond motifs is 3. The van der Waals surface area contributed by atoms with E-state index in [1.54, 1.807) is 0 Å². The molecule has 6 heterocycles. The summed E-state index contributed by atoms with van der Waals surface area (Å²) in [5.74, 6) is 1.36. The zero-order valence-corrected chi connectivity index (χ0v) is 77.7. The third-order valence-corrected chi connectivity index (χ3v) is 20.6. The van der Waals surface area contributed by atoms with E-state index in [2.05, 4.69) is 281 Å². The number of thiophene rings is 3. The van der Waals surface area contributed by atoms with E-state index in [4.69, 9.17) is 25.3 Å². The van der Waals surface area contributed by atoms with E-state index in [0.29, 0.717) is 17.8 Å². The minimum atomic E-state index is -0.125. The quantitative estimate of drug-likeness (QED) is 0.0617.